The summed E-state index contributed by atoms with van der Waals surface area (Å²) in [5, 5.41) is 0. The molecule has 0 aliphatic rings. The van der Waals surface area contributed by atoms with Gasteiger partial charge in [-0.15, -0.1) is 0 Å². The van der Waals surface area contributed by atoms with Gasteiger partial charge < -0.3 is 32.7 Å². The number of unbranched alkanes of at least 4 members (excludes halogenated alkanes) is 6. The van der Waals surface area contributed by atoms with Crippen molar-refractivity contribution in [2.24, 2.45) is 0 Å². The third-order valence-corrected chi connectivity index (χ3v) is 9.75. The highest BCUT2D eigenvalue weighted by molar-refractivity contribution is 7.40. The average Bonchev–Trinajstić information content (AvgIpc) is 2.97. The first-order chi connectivity index (χ1) is 19.2. The van der Waals surface area contributed by atoms with Crippen molar-refractivity contribution in [2.45, 2.75) is 141 Å². The lowest BCUT2D eigenvalue weighted by Crippen LogP contribution is -2.48. The van der Waals surface area contributed by atoms with Gasteiger partial charge in [0.25, 0.3) is 0 Å². The summed E-state index contributed by atoms with van der Waals surface area (Å²) in [5.41, 5.74) is 0. The quantitative estimate of drug-likeness (QED) is 0.0862. The van der Waals surface area contributed by atoms with Crippen LogP contribution >= 0.6 is 7.82 Å². The molecule has 0 fully saturated rings. The van der Waals surface area contributed by atoms with Crippen LogP contribution in [0.15, 0.2) is 0 Å². The molecule has 0 aromatic rings. The van der Waals surface area contributed by atoms with E-state index in [4.69, 9.17) is 19.2 Å². The molecule has 8 heteroatoms. The molecule has 0 spiro atoms. The van der Waals surface area contributed by atoms with Crippen molar-refractivity contribution in [2.75, 3.05) is 78.5 Å². The summed E-state index contributed by atoms with van der Waals surface area (Å²) in [6.45, 7) is 43.6. The summed E-state index contributed by atoms with van der Waals surface area (Å²) in [6, 6.07) is 0. The van der Waals surface area contributed by atoms with Crippen LogP contribution < -0.4 is 14.7 Å². The Morgan fingerprint density at radius 3 is 0.610 bits per heavy atom. The molecule has 0 unspecified atom stereocenters. The maximum atomic E-state index is 8.55. The maximum Gasteiger partial charge on any atom is 0.0786 e. The van der Waals surface area contributed by atoms with Crippen molar-refractivity contribution in [1.29, 1.82) is 0 Å². The van der Waals surface area contributed by atoms with Gasteiger partial charge in [0.2, 0.25) is 0 Å². The number of rotatable bonds is 21. The highest BCUT2D eigenvalue weighted by Gasteiger charge is 2.20. The van der Waals surface area contributed by atoms with Gasteiger partial charge in [0.05, 0.1) is 78.5 Å². The van der Waals surface area contributed by atoms with E-state index in [1.807, 2.05) is 0 Å². The van der Waals surface area contributed by atoms with Gasteiger partial charge in [0, 0.05) is 0 Å². The predicted molar refractivity (Wildman–Crippen MR) is 176 cm³/mol. The molecule has 0 aliphatic carbocycles. The van der Waals surface area contributed by atoms with Crippen LogP contribution in [0.2, 0.25) is 0 Å². The number of quaternary nitrogens is 3. The molecule has 0 N–H and O–H groups in total. The molecule has 0 aromatic heterocycles. The Hall–Kier alpha value is -0.0100. The van der Waals surface area contributed by atoms with E-state index in [2.05, 4.69) is 83.1 Å². The van der Waals surface area contributed by atoms with Crippen molar-refractivity contribution in [3.8, 4) is 0 Å². The topological polar surface area (TPSA) is 86.2 Å². The minimum atomic E-state index is -5.39. The lowest BCUT2D eigenvalue weighted by Gasteiger charge is -2.36. The van der Waals surface area contributed by atoms with Gasteiger partial charge in [-0.2, -0.15) is 7.82 Å². The number of phosphoric acid groups is 1. The number of hydrogen-bond acceptors (Lipinski definition) is 4. The maximum absolute atomic E-state index is 8.55. The molecule has 0 saturated heterocycles. The van der Waals surface area contributed by atoms with E-state index in [1.165, 1.54) is 150 Å². The normalized spacial score (nSPS) is 12.0. The Balaban J connectivity index is -0.000000231. The highest BCUT2D eigenvalue weighted by Crippen LogP contribution is 2.11. The van der Waals surface area contributed by atoms with E-state index < -0.39 is 7.82 Å². The monoisotopic (exact) mass is 612 g/mol. The van der Waals surface area contributed by atoms with Gasteiger partial charge in [-0.3, -0.25) is 0 Å². The van der Waals surface area contributed by atoms with Gasteiger partial charge in [-0.25, -0.2) is 0 Å². The molecule has 0 aliphatic heterocycles. The van der Waals surface area contributed by atoms with Crippen LogP contribution in [0.25, 0.3) is 0 Å². The lowest BCUT2D eigenvalue weighted by molar-refractivity contribution is -0.923. The van der Waals surface area contributed by atoms with E-state index in [0.717, 1.165) is 0 Å². The van der Waals surface area contributed by atoms with Crippen LogP contribution in [0, 0.1) is 0 Å². The van der Waals surface area contributed by atoms with Crippen molar-refractivity contribution < 1.29 is 32.7 Å². The minimum Gasteiger partial charge on any atom is -0.822 e. The molecule has 41 heavy (non-hydrogen) atoms. The van der Waals surface area contributed by atoms with Crippen molar-refractivity contribution >= 4 is 7.82 Å². The summed E-state index contributed by atoms with van der Waals surface area (Å²) < 4.78 is 12.5. The molecule has 0 rings (SSSR count). The molecule has 0 saturated carbocycles. The van der Waals surface area contributed by atoms with E-state index >= 15 is 0 Å². The second kappa shape index (κ2) is 30.0. The van der Waals surface area contributed by atoms with Crippen LogP contribution in [0.1, 0.15) is 141 Å². The minimum absolute atomic E-state index is 1.30. The zero-order chi connectivity index (χ0) is 32.8. The van der Waals surface area contributed by atoms with Crippen LogP contribution in [-0.2, 0) is 4.57 Å². The first-order valence-corrected chi connectivity index (χ1v) is 19.0. The van der Waals surface area contributed by atoms with E-state index in [9.17, 15) is 0 Å². The third kappa shape index (κ3) is 28.5. The second-order valence-electron chi connectivity index (χ2n) is 11.6. The molecule has 7 nitrogen and oxygen atoms in total. The van der Waals surface area contributed by atoms with Crippen LogP contribution in [0.3, 0.4) is 0 Å². The lowest BCUT2D eigenvalue weighted by atomic mass is 10.2. The van der Waals surface area contributed by atoms with Gasteiger partial charge in [-0.05, 0) is 101 Å². The zero-order valence-corrected chi connectivity index (χ0v) is 31.2. The van der Waals surface area contributed by atoms with Crippen molar-refractivity contribution in [3.05, 3.63) is 0 Å². The zero-order valence-electron chi connectivity index (χ0n) is 30.3. The Labute approximate surface area is 259 Å². The fraction of sp³-hybridized carbons (Fsp3) is 1.00. The number of nitrogens with zero attached hydrogens (tertiary/aromatic N) is 3. The average molecular weight is 612 g/mol. The highest BCUT2D eigenvalue weighted by atomic mass is 31.2. The van der Waals surface area contributed by atoms with Gasteiger partial charge in [0.15, 0.2) is 0 Å². The molecule has 0 atom stereocenters. The van der Waals surface area contributed by atoms with Crippen molar-refractivity contribution in [3.63, 3.8) is 0 Å². The second-order valence-corrected chi connectivity index (χ2v) is 12.5. The summed E-state index contributed by atoms with van der Waals surface area (Å²) >= 11 is 0. The fourth-order valence-electron chi connectivity index (χ4n) is 5.53. The number of hydrogen-bond donors (Lipinski definition) is 0. The van der Waals surface area contributed by atoms with E-state index in [1.54, 1.807) is 0 Å². The fourth-order valence-corrected chi connectivity index (χ4v) is 5.53. The first-order valence-electron chi connectivity index (χ1n) is 17.5. The molecular formula is C33H78N3O4P. The molecule has 254 valence electrons. The molecule has 0 bridgehead atoms. The molecule has 0 amide bonds. The Kier molecular flexibility index (Phi) is 35.1. The third-order valence-electron chi connectivity index (χ3n) is 9.75. The summed E-state index contributed by atoms with van der Waals surface area (Å²) in [5.74, 6) is 0. The van der Waals surface area contributed by atoms with Crippen LogP contribution in [0.4, 0.5) is 0 Å². The molecular weight excluding hydrogens is 533 g/mol. The van der Waals surface area contributed by atoms with E-state index in [-0.39, 0.29) is 0 Å². The summed E-state index contributed by atoms with van der Waals surface area (Å²) in [4.78, 5) is 25.6. The SMILES string of the molecule is CCCCC[N+](CC)(CC)CC.CCCCC[N+](CC)(CC)CC.CCCCC[N+](CC)(CC)CC.O=P([O-])([O-])[O-]. The molecule has 0 heterocycles. The van der Waals surface area contributed by atoms with Crippen LogP contribution in [-0.4, -0.2) is 92.0 Å². The van der Waals surface area contributed by atoms with Crippen molar-refractivity contribution in [1.82, 2.24) is 0 Å². The Morgan fingerprint density at radius 2 is 0.512 bits per heavy atom. The Bertz CT molecular complexity index is 466. The van der Waals surface area contributed by atoms with Crippen LogP contribution in [0.5, 0.6) is 0 Å². The summed E-state index contributed by atoms with van der Waals surface area (Å²) in [7, 11) is -5.39. The van der Waals surface area contributed by atoms with Gasteiger partial charge >= 0.3 is 0 Å². The van der Waals surface area contributed by atoms with Gasteiger partial charge in [0.1, 0.15) is 0 Å². The van der Waals surface area contributed by atoms with Gasteiger partial charge in [-0.1, -0.05) is 40.0 Å². The summed E-state index contributed by atoms with van der Waals surface area (Å²) in [6.07, 6.45) is 12.5. The molecule has 0 aromatic carbocycles. The smallest absolute Gasteiger partial charge is 0.0786 e. The first kappa shape index (κ1) is 47.9. The van der Waals surface area contributed by atoms with E-state index in [0.29, 0.717) is 0 Å². The predicted octanol–water partition coefficient (Wildman–Crippen LogP) is 6.33. The molecule has 0 radical (unpaired) electrons. The Morgan fingerprint density at radius 1 is 0.366 bits per heavy atom. The standard InChI is InChI=1S/3C11H26N.H3O4P/c3*1-5-9-10-11-12(6-2,7-3)8-4;1-5(2,3)4/h3*5-11H2,1-4H3;(H3,1,2,3,4)/q3*+1;/p-3. The largest absolute Gasteiger partial charge is 0.822 e.